The third kappa shape index (κ3) is 7.32. The van der Waals surface area contributed by atoms with Crippen LogP contribution in [0.15, 0.2) is 12.3 Å². The van der Waals surface area contributed by atoms with E-state index in [1.807, 2.05) is 13.0 Å². The minimum absolute atomic E-state index is 0.131. The molecule has 0 heterocycles. The highest BCUT2D eigenvalue weighted by Gasteiger charge is 2.02. The summed E-state index contributed by atoms with van der Waals surface area (Å²) < 4.78 is 4.81. The van der Waals surface area contributed by atoms with E-state index in [1.54, 1.807) is 0 Å². The van der Waals surface area contributed by atoms with Gasteiger partial charge in [0.1, 0.15) is 0 Å². The van der Waals surface area contributed by atoms with Crippen molar-refractivity contribution in [2.24, 2.45) is 5.92 Å². The number of rotatable bonds is 5. The Morgan fingerprint density at radius 1 is 1.50 bits per heavy atom. The molecular formula is C10H18O2. The summed E-state index contributed by atoms with van der Waals surface area (Å²) in [5, 5.41) is 0. The molecule has 0 fully saturated rings. The molecule has 0 N–H and O–H groups in total. The van der Waals surface area contributed by atoms with Crippen LogP contribution in [-0.4, -0.2) is 5.97 Å². The summed E-state index contributed by atoms with van der Waals surface area (Å²) in [4.78, 5) is 10.9. The van der Waals surface area contributed by atoms with Crippen LogP contribution in [0.4, 0.5) is 0 Å². The Hall–Kier alpha value is -0.790. The van der Waals surface area contributed by atoms with Crippen molar-refractivity contribution in [3.63, 3.8) is 0 Å². The first-order chi connectivity index (χ1) is 5.66. The summed E-state index contributed by atoms with van der Waals surface area (Å²) >= 11 is 0. The molecule has 0 aromatic rings. The second-order valence-electron chi connectivity index (χ2n) is 3.20. The van der Waals surface area contributed by atoms with Crippen LogP contribution in [0.5, 0.6) is 0 Å². The summed E-state index contributed by atoms with van der Waals surface area (Å²) in [5.41, 5.74) is 0. The van der Waals surface area contributed by atoms with E-state index in [0.29, 0.717) is 12.3 Å². The first-order valence-electron chi connectivity index (χ1n) is 4.51. The highest BCUT2D eigenvalue weighted by Crippen LogP contribution is 2.04. The van der Waals surface area contributed by atoms with Crippen LogP contribution in [0.3, 0.4) is 0 Å². The van der Waals surface area contributed by atoms with Gasteiger partial charge in [0.15, 0.2) is 0 Å². The van der Waals surface area contributed by atoms with Gasteiger partial charge in [-0.1, -0.05) is 20.8 Å². The quantitative estimate of drug-likeness (QED) is 0.468. The smallest absolute Gasteiger partial charge is 0.310 e. The number of ether oxygens (including phenoxy) is 1. The van der Waals surface area contributed by atoms with Crippen LogP contribution in [0.25, 0.3) is 0 Å². The average Bonchev–Trinajstić information content (AvgIpc) is 2.01. The van der Waals surface area contributed by atoms with E-state index in [1.165, 1.54) is 6.26 Å². The van der Waals surface area contributed by atoms with Gasteiger partial charge in [-0.3, -0.25) is 4.79 Å². The number of hydrogen-bond acceptors (Lipinski definition) is 2. The molecule has 0 aromatic carbocycles. The van der Waals surface area contributed by atoms with Gasteiger partial charge < -0.3 is 4.74 Å². The van der Waals surface area contributed by atoms with Gasteiger partial charge >= 0.3 is 5.97 Å². The summed E-state index contributed by atoms with van der Waals surface area (Å²) in [6.45, 7) is 6.18. The molecule has 0 saturated carbocycles. The normalized spacial score (nSPS) is 11.0. The Balaban J connectivity index is 3.40. The molecule has 0 saturated heterocycles. The third-order valence-electron chi connectivity index (χ3n) is 1.46. The van der Waals surface area contributed by atoms with Crippen molar-refractivity contribution in [3.05, 3.63) is 12.3 Å². The van der Waals surface area contributed by atoms with Crippen LogP contribution in [0, 0.1) is 5.92 Å². The highest BCUT2D eigenvalue weighted by molar-refractivity contribution is 5.69. The Morgan fingerprint density at radius 3 is 2.67 bits per heavy atom. The minimum Gasteiger partial charge on any atom is -0.435 e. The molecule has 2 heteroatoms. The monoisotopic (exact) mass is 170 g/mol. The van der Waals surface area contributed by atoms with E-state index in [2.05, 4.69) is 13.8 Å². The molecule has 0 atom stereocenters. The van der Waals surface area contributed by atoms with Gasteiger partial charge in [0.25, 0.3) is 0 Å². The molecule has 0 amide bonds. The SMILES string of the molecule is CC/C=C/OC(=O)CCC(C)C. The van der Waals surface area contributed by atoms with Crippen molar-refractivity contribution in [2.45, 2.75) is 40.0 Å². The predicted octanol–water partition coefficient (Wildman–Crippen LogP) is 2.89. The fraction of sp³-hybridized carbons (Fsp3) is 0.700. The Kier molecular flexibility index (Phi) is 6.44. The molecule has 70 valence electrons. The first kappa shape index (κ1) is 11.2. The minimum atomic E-state index is -0.131. The van der Waals surface area contributed by atoms with Gasteiger partial charge in [0, 0.05) is 6.42 Å². The Morgan fingerprint density at radius 2 is 2.17 bits per heavy atom. The molecule has 0 aliphatic rings. The van der Waals surface area contributed by atoms with Crippen molar-refractivity contribution >= 4 is 5.97 Å². The summed E-state index contributed by atoms with van der Waals surface area (Å²) in [6, 6.07) is 0. The third-order valence-corrected chi connectivity index (χ3v) is 1.46. The van der Waals surface area contributed by atoms with Crippen LogP contribution in [0.1, 0.15) is 40.0 Å². The molecule has 0 radical (unpaired) electrons. The van der Waals surface area contributed by atoms with Crippen molar-refractivity contribution in [1.29, 1.82) is 0 Å². The van der Waals surface area contributed by atoms with Crippen molar-refractivity contribution < 1.29 is 9.53 Å². The molecule has 0 unspecified atom stereocenters. The van der Waals surface area contributed by atoms with Crippen LogP contribution in [0.2, 0.25) is 0 Å². The maximum absolute atomic E-state index is 10.9. The van der Waals surface area contributed by atoms with Gasteiger partial charge in [0.2, 0.25) is 0 Å². The number of esters is 1. The van der Waals surface area contributed by atoms with Crippen molar-refractivity contribution in [3.8, 4) is 0 Å². The lowest BCUT2D eigenvalue weighted by Crippen LogP contribution is -2.01. The fourth-order valence-corrected chi connectivity index (χ4v) is 0.686. The van der Waals surface area contributed by atoms with Crippen molar-refractivity contribution in [1.82, 2.24) is 0 Å². The lowest BCUT2D eigenvalue weighted by atomic mass is 10.1. The maximum Gasteiger partial charge on any atom is 0.310 e. The highest BCUT2D eigenvalue weighted by atomic mass is 16.5. The van der Waals surface area contributed by atoms with Gasteiger partial charge in [-0.25, -0.2) is 0 Å². The number of hydrogen-bond donors (Lipinski definition) is 0. The second kappa shape index (κ2) is 6.89. The molecule has 0 aliphatic heterocycles. The lowest BCUT2D eigenvalue weighted by Gasteiger charge is -2.01. The summed E-state index contributed by atoms with van der Waals surface area (Å²) in [5.74, 6) is 0.432. The molecule has 0 aliphatic carbocycles. The van der Waals surface area contributed by atoms with Crippen LogP contribution in [-0.2, 0) is 9.53 Å². The molecular weight excluding hydrogens is 152 g/mol. The number of allylic oxidation sites excluding steroid dienone is 1. The first-order valence-corrected chi connectivity index (χ1v) is 4.51. The molecule has 0 rings (SSSR count). The Labute approximate surface area is 74.6 Å². The molecule has 2 nitrogen and oxygen atoms in total. The van der Waals surface area contributed by atoms with Crippen LogP contribution < -0.4 is 0 Å². The lowest BCUT2D eigenvalue weighted by molar-refractivity contribution is -0.138. The summed E-state index contributed by atoms with van der Waals surface area (Å²) in [7, 11) is 0. The van der Waals surface area contributed by atoms with Crippen molar-refractivity contribution in [2.75, 3.05) is 0 Å². The molecule has 12 heavy (non-hydrogen) atoms. The summed E-state index contributed by atoms with van der Waals surface area (Å²) in [6.07, 6.45) is 5.62. The zero-order valence-corrected chi connectivity index (χ0v) is 8.17. The van der Waals surface area contributed by atoms with E-state index in [9.17, 15) is 4.79 Å². The number of carbonyl (C=O) groups is 1. The standard InChI is InChI=1S/C10H18O2/c1-4-5-8-12-10(11)7-6-9(2)3/h5,8-9H,4,6-7H2,1-3H3/b8-5+. The largest absolute Gasteiger partial charge is 0.435 e. The number of carbonyl (C=O) groups excluding carboxylic acids is 1. The van der Waals surface area contributed by atoms with Gasteiger partial charge in [-0.2, -0.15) is 0 Å². The second-order valence-corrected chi connectivity index (χ2v) is 3.20. The average molecular weight is 170 g/mol. The van der Waals surface area contributed by atoms with E-state index in [-0.39, 0.29) is 5.97 Å². The van der Waals surface area contributed by atoms with Gasteiger partial charge in [-0.15, -0.1) is 0 Å². The molecule has 0 bridgehead atoms. The predicted molar refractivity (Wildman–Crippen MR) is 49.6 cm³/mol. The van der Waals surface area contributed by atoms with Gasteiger partial charge in [-0.05, 0) is 24.8 Å². The van der Waals surface area contributed by atoms with E-state index < -0.39 is 0 Å². The Bertz CT molecular complexity index is 148. The van der Waals surface area contributed by atoms with E-state index in [0.717, 1.165) is 12.8 Å². The van der Waals surface area contributed by atoms with Gasteiger partial charge in [0.05, 0.1) is 6.26 Å². The fourth-order valence-electron chi connectivity index (χ4n) is 0.686. The molecule has 0 aromatic heterocycles. The van der Waals surface area contributed by atoms with Crippen LogP contribution >= 0.6 is 0 Å². The van der Waals surface area contributed by atoms with E-state index >= 15 is 0 Å². The molecule has 0 spiro atoms. The zero-order valence-electron chi connectivity index (χ0n) is 8.17. The van der Waals surface area contributed by atoms with E-state index in [4.69, 9.17) is 4.74 Å². The maximum atomic E-state index is 10.9. The zero-order chi connectivity index (χ0) is 9.40. The topological polar surface area (TPSA) is 26.3 Å².